The van der Waals surface area contributed by atoms with E-state index in [4.69, 9.17) is 0 Å². The molecule has 0 amide bonds. The molecule has 0 spiro atoms. The number of hydrogen-bond acceptors (Lipinski definition) is 0. The SMILES string of the molecule is [AlH3].[BiH3].[MgH2].[Mn].[Zn]. The molecule has 0 atom stereocenters. The van der Waals surface area contributed by atoms with E-state index in [9.17, 15) is 0 Å². The van der Waals surface area contributed by atoms with Gasteiger partial charge in [-0.1, -0.05) is 0 Å². The predicted molar refractivity (Wildman–Crippen MR) is 28.4 cm³/mol. The van der Waals surface area contributed by atoms with Crippen LogP contribution in [-0.4, -0.2) is 66.6 Å². The predicted octanol–water partition coefficient (Wildman–Crippen LogP) is -3.29. The molecule has 0 nitrogen and oxygen atoms in total. The average molecular weight is 389 g/mol. The van der Waals surface area contributed by atoms with Crippen molar-refractivity contribution in [3.63, 3.8) is 0 Å². The van der Waals surface area contributed by atoms with E-state index in [0.29, 0.717) is 0 Å². The molecule has 0 heterocycles. The van der Waals surface area contributed by atoms with Crippen LogP contribution >= 0.6 is 0 Å². The maximum Gasteiger partial charge on any atom is 0.316 e. The van der Waals surface area contributed by atoms with Gasteiger partial charge in [-0.25, -0.2) is 0 Å². The summed E-state index contributed by atoms with van der Waals surface area (Å²) in [4.78, 5) is 0. The molecule has 0 bridgehead atoms. The molecule has 0 aromatic rings. The van der Waals surface area contributed by atoms with Gasteiger partial charge in [-0.3, -0.25) is 0 Å². The van der Waals surface area contributed by atoms with Gasteiger partial charge in [-0.2, -0.15) is 0 Å². The Hall–Kier alpha value is 3.32. The van der Waals surface area contributed by atoms with E-state index in [2.05, 4.69) is 0 Å². The monoisotopic (exact) mass is 387 g/mol. The third kappa shape index (κ3) is 18.8. The van der Waals surface area contributed by atoms with Crippen LogP contribution in [0.4, 0.5) is 0 Å². The minimum Gasteiger partial charge on any atom is 0 e. The van der Waals surface area contributed by atoms with Gasteiger partial charge in [0.2, 0.25) is 0 Å². The molecule has 0 aromatic carbocycles. The number of rotatable bonds is 0. The molecule has 0 rings (SSSR count). The molecule has 0 aromatic heterocycles. The van der Waals surface area contributed by atoms with Crippen LogP contribution in [0, 0.1) is 0 Å². The molecule has 5 heteroatoms. The molecule has 5 heavy (non-hydrogen) atoms. The summed E-state index contributed by atoms with van der Waals surface area (Å²) >= 11 is 0. The van der Waals surface area contributed by atoms with Gasteiger partial charge in [0.15, 0.2) is 17.4 Å². The minimum atomic E-state index is 0. The smallest absolute Gasteiger partial charge is 0 e. The molecular formula is H8AlBiMgMnZn. The Morgan fingerprint density at radius 2 is 1.00 bits per heavy atom. The van der Waals surface area contributed by atoms with Crippen LogP contribution in [-0.2, 0) is 36.5 Å². The van der Waals surface area contributed by atoms with Gasteiger partial charge >= 0.3 is 49.3 Å². The maximum absolute atomic E-state index is 0. The zero-order valence-electron chi connectivity index (χ0n) is 1.79. The fraction of sp³-hybridized carbons (Fsp3) is 0. The van der Waals surface area contributed by atoms with E-state index in [0.717, 1.165) is 0 Å². The van der Waals surface area contributed by atoms with Crippen LogP contribution in [0.3, 0.4) is 0 Å². The van der Waals surface area contributed by atoms with E-state index < -0.39 is 0 Å². The van der Waals surface area contributed by atoms with E-state index in [1.165, 1.54) is 0 Å². The molecule has 0 N–H and O–H groups in total. The Morgan fingerprint density at radius 3 is 1.00 bits per heavy atom. The van der Waals surface area contributed by atoms with Gasteiger partial charge in [0.1, 0.15) is 0 Å². The van der Waals surface area contributed by atoms with Crippen molar-refractivity contribution in [2.45, 2.75) is 0 Å². The summed E-state index contributed by atoms with van der Waals surface area (Å²) in [5.74, 6) is 0. The van der Waals surface area contributed by atoms with Crippen molar-refractivity contribution in [1.29, 1.82) is 0 Å². The van der Waals surface area contributed by atoms with Gasteiger partial charge in [0.05, 0.1) is 0 Å². The zero-order chi connectivity index (χ0) is 0. The van der Waals surface area contributed by atoms with Crippen molar-refractivity contribution < 1.29 is 36.5 Å². The van der Waals surface area contributed by atoms with Crippen molar-refractivity contribution in [3.05, 3.63) is 0 Å². The van der Waals surface area contributed by atoms with Crippen LogP contribution in [0.25, 0.3) is 0 Å². The van der Waals surface area contributed by atoms with Crippen LogP contribution in [0.2, 0.25) is 0 Å². The van der Waals surface area contributed by atoms with Gasteiger partial charge < -0.3 is 0 Å². The molecule has 1 radical (unpaired) electrons. The van der Waals surface area contributed by atoms with Crippen LogP contribution in [0.15, 0.2) is 0 Å². The minimum absolute atomic E-state index is 0. The van der Waals surface area contributed by atoms with Crippen LogP contribution in [0.1, 0.15) is 0 Å². The first kappa shape index (κ1) is 40.4. The zero-order valence-corrected chi connectivity index (χ0v) is 11.4. The molecule has 0 aliphatic carbocycles. The van der Waals surface area contributed by atoms with Gasteiger partial charge in [-0.15, -0.1) is 0 Å². The second-order valence-corrected chi connectivity index (χ2v) is 0. The quantitative estimate of drug-likeness (QED) is 0.382. The fourth-order valence-electron chi connectivity index (χ4n) is 0. The second-order valence-electron chi connectivity index (χ2n) is 0. The Kier molecular flexibility index (Phi) is 214. The average Bonchev–Trinajstić information content (AvgIpc) is 0. The van der Waals surface area contributed by atoms with Crippen molar-refractivity contribution in [3.8, 4) is 0 Å². The Morgan fingerprint density at radius 1 is 1.00 bits per heavy atom. The van der Waals surface area contributed by atoms with Crippen LogP contribution in [0.5, 0.6) is 0 Å². The third-order valence-corrected chi connectivity index (χ3v) is 0. The standard InChI is InChI=1S/Al.Bi.Mg.Mn.Zn.8H. The first-order valence-electron chi connectivity index (χ1n) is 0. The summed E-state index contributed by atoms with van der Waals surface area (Å²) < 4.78 is 0. The van der Waals surface area contributed by atoms with Gasteiger partial charge in [-0.05, 0) is 0 Å². The third-order valence-electron chi connectivity index (χ3n) is 0. The second kappa shape index (κ2) is 26.5. The van der Waals surface area contributed by atoms with Crippen LogP contribution < -0.4 is 0 Å². The molecule has 0 saturated heterocycles. The first-order chi connectivity index (χ1) is 0. The number of hydrogen-bond donors (Lipinski definition) is 0. The van der Waals surface area contributed by atoms with E-state index in [1.807, 2.05) is 0 Å². The van der Waals surface area contributed by atoms with E-state index in [1.54, 1.807) is 0 Å². The van der Waals surface area contributed by atoms with Gasteiger partial charge in [0, 0.05) is 36.5 Å². The van der Waals surface area contributed by atoms with Crippen molar-refractivity contribution in [2.75, 3.05) is 0 Å². The fourth-order valence-corrected chi connectivity index (χ4v) is 0. The first-order valence-corrected chi connectivity index (χ1v) is 0. The molecule has 27 valence electrons. The Labute approximate surface area is 101 Å². The summed E-state index contributed by atoms with van der Waals surface area (Å²) in [6.45, 7) is 0. The van der Waals surface area contributed by atoms with E-state index >= 15 is 0 Å². The molecule has 0 saturated carbocycles. The summed E-state index contributed by atoms with van der Waals surface area (Å²) in [5, 5.41) is 0. The Bertz CT molecular complexity index is 11.6. The Balaban J connectivity index is 0. The summed E-state index contributed by atoms with van der Waals surface area (Å²) in [6.07, 6.45) is 0. The van der Waals surface area contributed by atoms with E-state index in [-0.39, 0.29) is 103 Å². The molecule has 0 aliphatic rings. The maximum atomic E-state index is 0. The van der Waals surface area contributed by atoms with Crippen molar-refractivity contribution in [2.24, 2.45) is 0 Å². The molecular weight excluding hydrogens is 381 g/mol. The molecule has 0 fully saturated rings. The largest absolute Gasteiger partial charge is 0.316 e. The van der Waals surface area contributed by atoms with Crippen molar-refractivity contribution >= 4 is 66.6 Å². The summed E-state index contributed by atoms with van der Waals surface area (Å²) in [5.41, 5.74) is 0. The molecule has 0 aliphatic heterocycles. The molecule has 0 unspecified atom stereocenters. The summed E-state index contributed by atoms with van der Waals surface area (Å²) in [7, 11) is 0. The summed E-state index contributed by atoms with van der Waals surface area (Å²) in [6, 6.07) is 0. The topological polar surface area (TPSA) is 0 Å². The normalized spacial score (nSPS) is 0. The van der Waals surface area contributed by atoms with Gasteiger partial charge in [0.25, 0.3) is 0 Å². The van der Waals surface area contributed by atoms with Crippen molar-refractivity contribution in [1.82, 2.24) is 0 Å².